The van der Waals surface area contributed by atoms with Crippen molar-refractivity contribution in [3.63, 3.8) is 0 Å². The van der Waals surface area contributed by atoms with Gasteiger partial charge >= 0.3 is 0 Å². The summed E-state index contributed by atoms with van der Waals surface area (Å²) in [6.07, 6.45) is 1.53. The summed E-state index contributed by atoms with van der Waals surface area (Å²) in [5.41, 5.74) is 6.06. The van der Waals surface area contributed by atoms with E-state index in [1.54, 1.807) is 7.11 Å². The molecule has 1 aromatic rings. The molecule has 8 heteroatoms. The number of hydrogen-bond acceptors (Lipinski definition) is 5. The average Bonchev–Trinajstić information content (AvgIpc) is 2.41. The number of nitrogens with one attached hydrogen (secondary N) is 2. The maximum atomic E-state index is 11.8. The number of nitrogens with two attached hydrogens (primary N) is 1. The number of nitrogen functional groups attached to an aromatic ring is 1. The van der Waals surface area contributed by atoms with E-state index in [1.807, 2.05) is 0 Å². The van der Waals surface area contributed by atoms with Crippen LogP contribution in [-0.2, 0) is 9.53 Å². The molecule has 2 amide bonds. The summed E-state index contributed by atoms with van der Waals surface area (Å²) in [6.45, 7) is 1.08. The Hall–Kier alpha value is -1.86. The Bertz CT molecular complexity index is 482. The lowest BCUT2D eigenvalue weighted by Gasteiger charge is -2.07. The Morgan fingerprint density at radius 1 is 1.40 bits per heavy atom. The summed E-state index contributed by atoms with van der Waals surface area (Å²) in [6, 6.07) is 1.43. The second kappa shape index (κ2) is 8.34. The van der Waals surface area contributed by atoms with Gasteiger partial charge in [-0.3, -0.25) is 9.59 Å². The molecule has 0 radical (unpaired) electrons. The van der Waals surface area contributed by atoms with Crippen molar-refractivity contribution >= 4 is 29.1 Å². The fraction of sp³-hybridized carbons (Fsp3) is 0.417. The van der Waals surface area contributed by atoms with Crippen LogP contribution in [0.4, 0.5) is 5.69 Å². The number of aromatic nitrogens is 1. The normalized spacial score (nSPS) is 10.1. The van der Waals surface area contributed by atoms with Crippen molar-refractivity contribution in [2.75, 3.05) is 32.5 Å². The number of anilines is 1. The summed E-state index contributed by atoms with van der Waals surface area (Å²) in [5, 5.41) is 5.29. The van der Waals surface area contributed by atoms with E-state index >= 15 is 0 Å². The van der Waals surface area contributed by atoms with Gasteiger partial charge in [0.2, 0.25) is 5.91 Å². The Morgan fingerprint density at radius 3 is 2.85 bits per heavy atom. The lowest BCUT2D eigenvalue weighted by molar-refractivity contribution is -0.121. The third-order valence-corrected chi connectivity index (χ3v) is 2.67. The molecule has 0 aromatic carbocycles. The molecule has 1 heterocycles. The van der Waals surface area contributed by atoms with Gasteiger partial charge in [0.05, 0.1) is 24.1 Å². The van der Waals surface area contributed by atoms with E-state index in [2.05, 4.69) is 15.6 Å². The quantitative estimate of drug-likeness (QED) is 0.493. The molecule has 7 nitrogen and oxygen atoms in total. The van der Waals surface area contributed by atoms with E-state index < -0.39 is 5.91 Å². The molecular weight excluding hydrogens is 284 g/mol. The SMILES string of the molecule is COCCNC(=O)CCNC(=O)c1cc(N)cnc1Cl. The molecule has 1 rings (SSSR count). The van der Waals surface area contributed by atoms with Crippen LogP contribution >= 0.6 is 11.6 Å². The molecule has 1 aromatic heterocycles. The second-order valence-electron chi connectivity index (χ2n) is 3.96. The number of rotatable bonds is 7. The van der Waals surface area contributed by atoms with Crippen LogP contribution < -0.4 is 16.4 Å². The van der Waals surface area contributed by atoms with E-state index in [4.69, 9.17) is 22.1 Å². The number of pyridine rings is 1. The van der Waals surface area contributed by atoms with Gasteiger partial charge in [0, 0.05) is 26.6 Å². The first kappa shape index (κ1) is 16.2. The molecule has 0 bridgehead atoms. The van der Waals surface area contributed by atoms with Crippen molar-refractivity contribution in [3.8, 4) is 0 Å². The predicted octanol–water partition coefficient (Wildman–Crippen LogP) is 0.200. The van der Waals surface area contributed by atoms with E-state index in [9.17, 15) is 9.59 Å². The highest BCUT2D eigenvalue weighted by atomic mass is 35.5. The van der Waals surface area contributed by atoms with Crippen LogP contribution in [0.25, 0.3) is 0 Å². The van der Waals surface area contributed by atoms with Crippen LogP contribution in [0, 0.1) is 0 Å². The van der Waals surface area contributed by atoms with Crippen molar-refractivity contribution < 1.29 is 14.3 Å². The van der Waals surface area contributed by atoms with Crippen LogP contribution in [0.15, 0.2) is 12.3 Å². The van der Waals surface area contributed by atoms with Crippen molar-refractivity contribution in [1.29, 1.82) is 0 Å². The van der Waals surface area contributed by atoms with Gasteiger partial charge in [-0.2, -0.15) is 0 Å². The average molecular weight is 301 g/mol. The summed E-state index contributed by atoms with van der Waals surface area (Å²) in [4.78, 5) is 27.0. The first-order valence-corrected chi connectivity index (χ1v) is 6.37. The molecule has 0 unspecified atom stereocenters. The van der Waals surface area contributed by atoms with E-state index in [0.717, 1.165) is 0 Å². The number of carbonyl (C=O) groups excluding carboxylic acids is 2. The summed E-state index contributed by atoms with van der Waals surface area (Å²) in [7, 11) is 1.55. The van der Waals surface area contributed by atoms with Crippen molar-refractivity contribution in [1.82, 2.24) is 15.6 Å². The van der Waals surface area contributed by atoms with Crippen molar-refractivity contribution in [2.45, 2.75) is 6.42 Å². The molecule has 4 N–H and O–H groups in total. The smallest absolute Gasteiger partial charge is 0.254 e. The second-order valence-corrected chi connectivity index (χ2v) is 4.31. The zero-order chi connectivity index (χ0) is 15.0. The number of hydrogen-bond donors (Lipinski definition) is 3. The molecule has 0 saturated heterocycles. The summed E-state index contributed by atoms with van der Waals surface area (Å²) >= 11 is 5.80. The minimum Gasteiger partial charge on any atom is -0.397 e. The van der Waals surface area contributed by atoms with E-state index in [1.165, 1.54) is 12.3 Å². The molecule has 0 saturated carbocycles. The van der Waals surface area contributed by atoms with E-state index in [0.29, 0.717) is 18.8 Å². The summed E-state index contributed by atoms with van der Waals surface area (Å²) < 4.78 is 4.80. The highest BCUT2D eigenvalue weighted by molar-refractivity contribution is 6.32. The zero-order valence-corrected chi connectivity index (χ0v) is 11.9. The van der Waals surface area contributed by atoms with Gasteiger partial charge in [-0.05, 0) is 6.07 Å². The topological polar surface area (TPSA) is 106 Å². The maximum absolute atomic E-state index is 11.8. The van der Waals surface area contributed by atoms with Crippen LogP contribution in [0.2, 0.25) is 5.15 Å². The molecule has 0 aliphatic rings. The number of methoxy groups -OCH3 is 1. The Morgan fingerprint density at radius 2 is 2.15 bits per heavy atom. The molecule has 0 atom stereocenters. The first-order valence-electron chi connectivity index (χ1n) is 5.99. The first-order chi connectivity index (χ1) is 9.54. The minimum atomic E-state index is -0.417. The molecule has 110 valence electrons. The highest BCUT2D eigenvalue weighted by Crippen LogP contribution is 2.15. The van der Waals surface area contributed by atoms with Crippen LogP contribution in [0.1, 0.15) is 16.8 Å². The summed E-state index contributed by atoms with van der Waals surface area (Å²) in [5.74, 6) is -0.585. The number of ether oxygens (including phenoxy) is 1. The van der Waals surface area contributed by atoms with Gasteiger partial charge in [0.15, 0.2) is 0 Å². The molecule has 0 aliphatic heterocycles. The number of carbonyl (C=O) groups is 2. The van der Waals surface area contributed by atoms with Gasteiger partial charge < -0.3 is 21.1 Å². The van der Waals surface area contributed by atoms with Gasteiger partial charge in [0.25, 0.3) is 5.91 Å². The van der Waals surface area contributed by atoms with Gasteiger partial charge in [-0.15, -0.1) is 0 Å². The Kier molecular flexibility index (Phi) is 6.75. The lowest BCUT2D eigenvalue weighted by Crippen LogP contribution is -2.32. The van der Waals surface area contributed by atoms with Crippen LogP contribution in [-0.4, -0.2) is 43.6 Å². The van der Waals surface area contributed by atoms with Gasteiger partial charge in [-0.25, -0.2) is 4.98 Å². The third kappa shape index (κ3) is 5.41. The fourth-order valence-electron chi connectivity index (χ4n) is 1.39. The molecule has 0 aliphatic carbocycles. The third-order valence-electron chi connectivity index (χ3n) is 2.37. The molecule has 0 fully saturated rings. The van der Waals surface area contributed by atoms with E-state index in [-0.39, 0.29) is 29.6 Å². The van der Waals surface area contributed by atoms with Crippen molar-refractivity contribution in [3.05, 3.63) is 23.0 Å². The predicted molar refractivity (Wildman–Crippen MR) is 75.5 cm³/mol. The minimum absolute atomic E-state index is 0.0706. The number of amides is 2. The maximum Gasteiger partial charge on any atom is 0.254 e. The van der Waals surface area contributed by atoms with Crippen LogP contribution in [0.3, 0.4) is 0 Å². The van der Waals surface area contributed by atoms with Crippen LogP contribution in [0.5, 0.6) is 0 Å². The zero-order valence-electron chi connectivity index (χ0n) is 11.1. The Labute approximate surface area is 121 Å². The van der Waals surface area contributed by atoms with Gasteiger partial charge in [-0.1, -0.05) is 11.6 Å². The lowest BCUT2D eigenvalue weighted by atomic mass is 10.2. The largest absolute Gasteiger partial charge is 0.397 e. The fourth-order valence-corrected chi connectivity index (χ4v) is 1.58. The monoisotopic (exact) mass is 300 g/mol. The molecular formula is C12H17ClN4O3. The number of halogens is 1. The number of nitrogens with zero attached hydrogens (tertiary/aromatic N) is 1. The van der Waals surface area contributed by atoms with Gasteiger partial charge in [0.1, 0.15) is 5.15 Å². The van der Waals surface area contributed by atoms with Crippen molar-refractivity contribution in [2.24, 2.45) is 0 Å². The molecule has 0 spiro atoms. The Balaban J connectivity index is 2.36. The molecule has 20 heavy (non-hydrogen) atoms. The highest BCUT2D eigenvalue weighted by Gasteiger charge is 2.12. The standard InChI is InChI=1S/C12H17ClN4O3/c1-20-5-4-15-10(18)2-3-16-12(19)9-6-8(14)7-17-11(9)13/h6-7H,2-5,14H2,1H3,(H,15,18)(H,16,19).